The first-order valence-corrected chi connectivity index (χ1v) is 8.32. The van der Waals surface area contributed by atoms with Crippen LogP contribution >= 0.6 is 0 Å². The van der Waals surface area contributed by atoms with Crippen molar-refractivity contribution in [2.24, 2.45) is 5.92 Å². The highest BCUT2D eigenvalue weighted by molar-refractivity contribution is 5.77. The second-order valence-electron chi connectivity index (χ2n) is 6.84. The minimum atomic E-state index is 0.568. The van der Waals surface area contributed by atoms with Crippen LogP contribution in [0.25, 0.3) is 11.0 Å². The van der Waals surface area contributed by atoms with Crippen LogP contribution in [0, 0.1) is 12.8 Å². The molecule has 1 unspecified atom stereocenters. The van der Waals surface area contributed by atoms with Crippen molar-refractivity contribution >= 4 is 11.0 Å². The Morgan fingerprint density at radius 3 is 2.95 bits per heavy atom. The molecule has 2 heterocycles. The average Bonchev–Trinajstić information content (AvgIpc) is 2.83. The summed E-state index contributed by atoms with van der Waals surface area (Å²) in [6, 6.07) is 6.68. The number of piperidine rings is 1. The van der Waals surface area contributed by atoms with Crippen LogP contribution in [0.15, 0.2) is 18.2 Å². The number of fused-ring (bicyclic) bond motifs is 1. The standard InChI is InChI=1S/C18H27N3/c1-13(2)8-10-21-17-7-6-14(3)11-16(17)20-18(21)15-5-4-9-19-12-15/h6-7,11,13,15,19H,4-5,8-10,12H2,1-3H3. The van der Waals surface area contributed by atoms with E-state index in [-0.39, 0.29) is 0 Å². The van der Waals surface area contributed by atoms with Crippen LogP contribution in [0.5, 0.6) is 0 Å². The number of aromatic nitrogens is 2. The molecule has 21 heavy (non-hydrogen) atoms. The van der Waals surface area contributed by atoms with E-state index in [0.29, 0.717) is 5.92 Å². The number of benzene rings is 1. The van der Waals surface area contributed by atoms with Crippen LogP contribution in [0.4, 0.5) is 0 Å². The molecular formula is C18H27N3. The third-order valence-electron chi connectivity index (χ3n) is 4.53. The van der Waals surface area contributed by atoms with Crippen molar-refractivity contribution in [2.45, 2.75) is 52.5 Å². The van der Waals surface area contributed by atoms with Gasteiger partial charge in [-0.2, -0.15) is 0 Å². The Kier molecular flexibility index (Phi) is 4.29. The zero-order chi connectivity index (χ0) is 14.8. The molecule has 0 amide bonds. The lowest BCUT2D eigenvalue weighted by Gasteiger charge is -2.23. The molecule has 1 aliphatic heterocycles. The largest absolute Gasteiger partial charge is 0.328 e. The van der Waals surface area contributed by atoms with E-state index in [0.717, 1.165) is 25.6 Å². The topological polar surface area (TPSA) is 29.9 Å². The summed E-state index contributed by atoms with van der Waals surface area (Å²) >= 11 is 0. The molecule has 1 aliphatic rings. The van der Waals surface area contributed by atoms with Crippen LogP contribution in [0.1, 0.15) is 50.4 Å². The summed E-state index contributed by atoms with van der Waals surface area (Å²) in [5.74, 6) is 2.59. The van der Waals surface area contributed by atoms with E-state index in [4.69, 9.17) is 4.98 Å². The molecule has 0 radical (unpaired) electrons. The molecule has 1 saturated heterocycles. The van der Waals surface area contributed by atoms with Gasteiger partial charge >= 0.3 is 0 Å². The Morgan fingerprint density at radius 2 is 2.24 bits per heavy atom. The van der Waals surface area contributed by atoms with Gasteiger partial charge in [0.05, 0.1) is 11.0 Å². The van der Waals surface area contributed by atoms with Gasteiger partial charge in [-0.25, -0.2) is 4.98 Å². The minimum absolute atomic E-state index is 0.568. The molecule has 3 heteroatoms. The summed E-state index contributed by atoms with van der Waals surface area (Å²) in [5, 5.41) is 3.53. The van der Waals surface area contributed by atoms with E-state index in [1.54, 1.807) is 0 Å². The van der Waals surface area contributed by atoms with E-state index in [1.807, 2.05) is 0 Å². The second-order valence-corrected chi connectivity index (χ2v) is 6.84. The third kappa shape index (κ3) is 3.13. The molecule has 1 N–H and O–H groups in total. The SMILES string of the molecule is Cc1ccc2c(c1)nc(C1CCCNC1)n2CCC(C)C. The first-order chi connectivity index (χ1) is 10.1. The summed E-state index contributed by atoms with van der Waals surface area (Å²) in [5.41, 5.74) is 3.77. The van der Waals surface area contributed by atoms with Crippen molar-refractivity contribution in [3.8, 4) is 0 Å². The first kappa shape index (κ1) is 14.6. The third-order valence-corrected chi connectivity index (χ3v) is 4.53. The van der Waals surface area contributed by atoms with E-state index in [9.17, 15) is 0 Å². The van der Waals surface area contributed by atoms with E-state index in [1.165, 1.54) is 41.7 Å². The van der Waals surface area contributed by atoms with Gasteiger partial charge in [0.25, 0.3) is 0 Å². The van der Waals surface area contributed by atoms with Crippen LogP contribution in [-0.2, 0) is 6.54 Å². The van der Waals surface area contributed by atoms with Gasteiger partial charge in [0.15, 0.2) is 0 Å². The van der Waals surface area contributed by atoms with Crippen LogP contribution < -0.4 is 5.32 Å². The van der Waals surface area contributed by atoms with E-state index >= 15 is 0 Å². The Labute approximate surface area is 127 Å². The van der Waals surface area contributed by atoms with Crippen LogP contribution in [-0.4, -0.2) is 22.6 Å². The first-order valence-electron chi connectivity index (χ1n) is 8.32. The van der Waals surface area contributed by atoms with Gasteiger partial charge in [-0.1, -0.05) is 19.9 Å². The van der Waals surface area contributed by atoms with Crippen LogP contribution in [0.3, 0.4) is 0 Å². The quantitative estimate of drug-likeness (QED) is 0.924. The zero-order valence-corrected chi connectivity index (χ0v) is 13.5. The predicted octanol–water partition coefficient (Wildman–Crippen LogP) is 3.86. The highest BCUT2D eigenvalue weighted by Crippen LogP contribution is 2.28. The van der Waals surface area contributed by atoms with Gasteiger partial charge in [0, 0.05) is 19.0 Å². The molecule has 3 nitrogen and oxygen atoms in total. The van der Waals surface area contributed by atoms with Crippen molar-refractivity contribution in [3.63, 3.8) is 0 Å². The molecule has 0 saturated carbocycles. The normalized spacial score (nSPS) is 19.5. The maximum Gasteiger partial charge on any atom is 0.114 e. The minimum Gasteiger partial charge on any atom is -0.328 e. The smallest absolute Gasteiger partial charge is 0.114 e. The summed E-state index contributed by atoms with van der Waals surface area (Å²) < 4.78 is 2.48. The molecule has 1 atom stereocenters. The highest BCUT2D eigenvalue weighted by Gasteiger charge is 2.22. The summed E-state index contributed by atoms with van der Waals surface area (Å²) in [7, 11) is 0. The number of aryl methyl sites for hydroxylation is 2. The van der Waals surface area contributed by atoms with Gasteiger partial charge < -0.3 is 9.88 Å². The molecule has 2 aromatic rings. The molecule has 0 spiro atoms. The molecule has 0 aliphatic carbocycles. The number of hydrogen-bond acceptors (Lipinski definition) is 2. The Bertz CT molecular complexity index is 606. The summed E-state index contributed by atoms with van der Waals surface area (Å²) in [4.78, 5) is 5.00. The lowest BCUT2D eigenvalue weighted by molar-refractivity contribution is 0.424. The maximum atomic E-state index is 5.00. The van der Waals surface area contributed by atoms with Crippen molar-refractivity contribution in [3.05, 3.63) is 29.6 Å². The Balaban J connectivity index is 2.00. The summed E-state index contributed by atoms with van der Waals surface area (Å²) in [6.45, 7) is 10.1. The van der Waals surface area contributed by atoms with Gasteiger partial charge in [-0.15, -0.1) is 0 Å². The maximum absolute atomic E-state index is 5.00. The monoisotopic (exact) mass is 285 g/mol. The molecule has 0 bridgehead atoms. The van der Waals surface area contributed by atoms with Crippen LogP contribution in [0.2, 0.25) is 0 Å². The number of rotatable bonds is 4. The number of nitrogens with zero attached hydrogens (tertiary/aromatic N) is 2. The van der Waals surface area contributed by atoms with Crippen molar-refractivity contribution in [2.75, 3.05) is 13.1 Å². The van der Waals surface area contributed by atoms with Gasteiger partial charge in [0.2, 0.25) is 0 Å². The lowest BCUT2D eigenvalue weighted by atomic mass is 9.98. The Morgan fingerprint density at radius 1 is 1.38 bits per heavy atom. The zero-order valence-electron chi connectivity index (χ0n) is 13.5. The molecular weight excluding hydrogens is 258 g/mol. The van der Waals surface area contributed by atoms with Gasteiger partial charge in [-0.3, -0.25) is 0 Å². The molecule has 114 valence electrons. The van der Waals surface area contributed by atoms with Crippen molar-refractivity contribution < 1.29 is 0 Å². The number of imidazole rings is 1. The van der Waals surface area contributed by atoms with E-state index in [2.05, 4.69) is 48.9 Å². The summed E-state index contributed by atoms with van der Waals surface area (Å²) in [6.07, 6.45) is 3.74. The van der Waals surface area contributed by atoms with Crippen molar-refractivity contribution in [1.82, 2.24) is 14.9 Å². The number of nitrogens with one attached hydrogen (secondary N) is 1. The number of hydrogen-bond donors (Lipinski definition) is 1. The average molecular weight is 285 g/mol. The van der Waals surface area contributed by atoms with Crippen molar-refractivity contribution in [1.29, 1.82) is 0 Å². The fourth-order valence-corrected chi connectivity index (χ4v) is 3.26. The van der Waals surface area contributed by atoms with E-state index < -0.39 is 0 Å². The molecule has 1 fully saturated rings. The molecule has 3 rings (SSSR count). The highest BCUT2D eigenvalue weighted by atomic mass is 15.1. The molecule has 1 aromatic carbocycles. The van der Waals surface area contributed by atoms with Gasteiger partial charge in [-0.05, 0) is 56.3 Å². The Hall–Kier alpha value is -1.35. The second kappa shape index (κ2) is 6.18. The fourth-order valence-electron chi connectivity index (χ4n) is 3.26. The predicted molar refractivity (Wildman–Crippen MR) is 88.8 cm³/mol. The molecule has 1 aromatic heterocycles. The van der Waals surface area contributed by atoms with Gasteiger partial charge in [0.1, 0.15) is 5.82 Å². The lowest BCUT2D eigenvalue weighted by Crippen LogP contribution is -2.30. The fraction of sp³-hybridized carbons (Fsp3) is 0.611.